The fraction of sp³-hybridized carbons (Fsp3) is 0.320. The van der Waals surface area contributed by atoms with Crippen LogP contribution in [0.15, 0.2) is 54.2 Å². The van der Waals surface area contributed by atoms with E-state index in [0.717, 1.165) is 48.2 Å². The Hall–Kier alpha value is -2.14. The Balaban J connectivity index is 1.52. The lowest BCUT2D eigenvalue weighted by Crippen LogP contribution is -2.40. The van der Waals surface area contributed by atoms with Gasteiger partial charge in [0.15, 0.2) is 0 Å². The van der Waals surface area contributed by atoms with Crippen LogP contribution in [0.25, 0.3) is 11.8 Å². The molecule has 3 atom stereocenters. The van der Waals surface area contributed by atoms with Crippen molar-refractivity contribution in [2.24, 2.45) is 11.3 Å². The average molecular weight is 457 g/mol. The SMILES string of the molecule is C[C@]12Cc3cnn(-c4ccc(F)cc4)c3C=C1CCC[C@@H]2[C@@H](O)c1cc(Cl)cc(Cl)c1. The zero-order chi connectivity index (χ0) is 21.8. The summed E-state index contributed by atoms with van der Waals surface area (Å²) in [6.45, 7) is 2.25. The van der Waals surface area contributed by atoms with Gasteiger partial charge in [-0.3, -0.25) is 0 Å². The van der Waals surface area contributed by atoms with Crippen LogP contribution in [0.4, 0.5) is 4.39 Å². The van der Waals surface area contributed by atoms with Crippen LogP contribution in [0.3, 0.4) is 0 Å². The maximum atomic E-state index is 13.4. The van der Waals surface area contributed by atoms with Gasteiger partial charge in [-0.2, -0.15) is 5.10 Å². The molecule has 3 nitrogen and oxygen atoms in total. The Morgan fingerprint density at radius 1 is 1.16 bits per heavy atom. The normalized spacial score (nSPS) is 23.6. The number of fused-ring (bicyclic) bond motifs is 2. The molecule has 1 aromatic heterocycles. The first-order valence-corrected chi connectivity index (χ1v) is 11.3. The zero-order valence-electron chi connectivity index (χ0n) is 17.2. The van der Waals surface area contributed by atoms with E-state index in [0.29, 0.717) is 10.0 Å². The van der Waals surface area contributed by atoms with E-state index in [4.69, 9.17) is 23.2 Å². The fourth-order valence-electron chi connectivity index (χ4n) is 5.35. The smallest absolute Gasteiger partial charge is 0.123 e. The van der Waals surface area contributed by atoms with E-state index in [9.17, 15) is 9.50 Å². The molecule has 0 aliphatic heterocycles. The predicted molar refractivity (Wildman–Crippen MR) is 122 cm³/mol. The molecule has 0 saturated heterocycles. The van der Waals surface area contributed by atoms with Gasteiger partial charge in [0, 0.05) is 10.0 Å². The topological polar surface area (TPSA) is 38.0 Å². The highest BCUT2D eigenvalue weighted by molar-refractivity contribution is 6.34. The van der Waals surface area contributed by atoms with Gasteiger partial charge in [-0.05, 0) is 96.7 Å². The molecule has 31 heavy (non-hydrogen) atoms. The second-order valence-electron chi connectivity index (χ2n) is 8.85. The minimum atomic E-state index is -0.654. The number of aliphatic hydroxyl groups is 1. The maximum Gasteiger partial charge on any atom is 0.123 e. The second kappa shape index (κ2) is 7.77. The quantitative estimate of drug-likeness (QED) is 0.470. The number of aliphatic hydroxyl groups excluding tert-OH is 1. The Bertz CT molecular complexity index is 1150. The van der Waals surface area contributed by atoms with Crippen LogP contribution in [0, 0.1) is 17.2 Å². The number of allylic oxidation sites excluding steroid dienone is 1. The number of halogens is 3. The van der Waals surface area contributed by atoms with Crippen molar-refractivity contribution >= 4 is 29.3 Å². The van der Waals surface area contributed by atoms with Crippen molar-refractivity contribution in [2.45, 2.75) is 38.7 Å². The number of benzene rings is 2. The van der Waals surface area contributed by atoms with E-state index in [1.807, 2.05) is 10.9 Å². The van der Waals surface area contributed by atoms with Gasteiger partial charge in [-0.15, -0.1) is 0 Å². The Morgan fingerprint density at radius 3 is 2.58 bits per heavy atom. The molecule has 2 aromatic carbocycles. The van der Waals surface area contributed by atoms with Gasteiger partial charge in [-0.25, -0.2) is 9.07 Å². The van der Waals surface area contributed by atoms with Crippen molar-refractivity contribution in [2.75, 3.05) is 0 Å². The van der Waals surface area contributed by atoms with Gasteiger partial charge in [0.25, 0.3) is 0 Å². The highest BCUT2D eigenvalue weighted by Crippen LogP contribution is 2.55. The summed E-state index contributed by atoms with van der Waals surface area (Å²) in [6, 6.07) is 11.7. The summed E-state index contributed by atoms with van der Waals surface area (Å²) in [5, 5.41) is 17.0. The Morgan fingerprint density at radius 2 is 1.87 bits per heavy atom. The first-order valence-electron chi connectivity index (χ1n) is 10.5. The average Bonchev–Trinajstić information content (AvgIpc) is 3.12. The molecule has 0 radical (unpaired) electrons. The molecule has 1 N–H and O–H groups in total. The highest BCUT2D eigenvalue weighted by atomic mass is 35.5. The molecule has 0 amide bonds. The molecular weight excluding hydrogens is 434 g/mol. The second-order valence-corrected chi connectivity index (χ2v) is 9.73. The van der Waals surface area contributed by atoms with Crippen molar-refractivity contribution in [3.05, 3.63) is 86.9 Å². The molecule has 1 heterocycles. The third kappa shape index (κ3) is 3.61. The van der Waals surface area contributed by atoms with Gasteiger partial charge >= 0.3 is 0 Å². The largest absolute Gasteiger partial charge is 0.388 e. The molecule has 0 spiro atoms. The number of rotatable bonds is 3. The summed E-state index contributed by atoms with van der Waals surface area (Å²) in [6.07, 6.45) is 7.19. The van der Waals surface area contributed by atoms with Gasteiger partial charge in [0.1, 0.15) is 5.82 Å². The summed E-state index contributed by atoms with van der Waals surface area (Å²) < 4.78 is 15.2. The summed E-state index contributed by atoms with van der Waals surface area (Å²) in [7, 11) is 0. The van der Waals surface area contributed by atoms with E-state index in [1.165, 1.54) is 17.7 Å². The predicted octanol–water partition coefficient (Wildman–Crippen LogP) is 6.80. The summed E-state index contributed by atoms with van der Waals surface area (Å²) in [5.41, 5.74) is 4.92. The molecule has 1 saturated carbocycles. The summed E-state index contributed by atoms with van der Waals surface area (Å²) >= 11 is 12.4. The van der Waals surface area contributed by atoms with Crippen molar-refractivity contribution in [3.8, 4) is 5.69 Å². The van der Waals surface area contributed by atoms with E-state index in [1.54, 1.807) is 30.3 Å². The van der Waals surface area contributed by atoms with Crippen LogP contribution in [0.1, 0.15) is 49.1 Å². The number of aromatic nitrogens is 2. The van der Waals surface area contributed by atoms with Crippen LogP contribution in [-0.4, -0.2) is 14.9 Å². The molecule has 2 aliphatic carbocycles. The Labute approximate surface area is 191 Å². The van der Waals surface area contributed by atoms with Crippen LogP contribution < -0.4 is 0 Å². The molecule has 5 rings (SSSR count). The fourth-order valence-corrected chi connectivity index (χ4v) is 5.89. The van der Waals surface area contributed by atoms with E-state index in [-0.39, 0.29) is 17.2 Å². The van der Waals surface area contributed by atoms with Crippen LogP contribution in [-0.2, 0) is 6.42 Å². The minimum Gasteiger partial charge on any atom is -0.388 e. The van der Waals surface area contributed by atoms with Crippen molar-refractivity contribution in [3.63, 3.8) is 0 Å². The molecule has 2 aliphatic rings. The highest BCUT2D eigenvalue weighted by Gasteiger charge is 2.46. The molecule has 6 heteroatoms. The number of hydrogen-bond donors (Lipinski definition) is 1. The monoisotopic (exact) mass is 456 g/mol. The van der Waals surface area contributed by atoms with Crippen LogP contribution in [0.5, 0.6) is 0 Å². The lowest BCUT2D eigenvalue weighted by molar-refractivity contribution is 0.0217. The van der Waals surface area contributed by atoms with E-state index in [2.05, 4.69) is 18.1 Å². The van der Waals surface area contributed by atoms with Crippen molar-refractivity contribution in [1.29, 1.82) is 0 Å². The maximum absolute atomic E-state index is 13.4. The van der Waals surface area contributed by atoms with Gasteiger partial charge < -0.3 is 5.11 Å². The number of nitrogens with zero attached hydrogens (tertiary/aromatic N) is 2. The first-order chi connectivity index (χ1) is 14.8. The number of hydrogen-bond acceptors (Lipinski definition) is 2. The van der Waals surface area contributed by atoms with Gasteiger partial charge in [-0.1, -0.05) is 35.7 Å². The molecular formula is C25H23Cl2FN2O. The molecule has 0 unspecified atom stereocenters. The lowest BCUT2D eigenvalue weighted by atomic mass is 9.57. The van der Waals surface area contributed by atoms with Crippen molar-refractivity contribution in [1.82, 2.24) is 9.78 Å². The van der Waals surface area contributed by atoms with E-state index < -0.39 is 6.10 Å². The standard InChI is InChI=1S/C25H23Cl2FN2O/c1-25-13-16-14-29-30(21-7-5-20(28)6-8-21)23(16)11-17(25)3-2-4-22(25)24(31)15-9-18(26)12-19(27)10-15/h5-12,14,22,24,31H,2-4,13H2,1H3/t22-,24+,25+/m1/s1. The minimum absolute atomic E-state index is 0.0457. The lowest BCUT2D eigenvalue weighted by Gasteiger charge is -2.47. The molecule has 160 valence electrons. The third-order valence-corrected chi connectivity index (χ3v) is 7.38. The summed E-state index contributed by atoms with van der Waals surface area (Å²) in [4.78, 5) is 0. The van der Waals surface area contributed by atoms with Crippen LogP contribution in [0.2, 0.25) is 10.0 Å². The molecule has 1 fully saturated rings. The first kappa shape index (κ1) is 20.7. The molecule has 0 bridgehead atoms. The van der Waals surface area contributed by atoms with Gasteiger partial charge in [0.2, 0.25) is 0 Å². The molecule has 3 aromatic rings. The zero-order valence-corrected chi connectivity index (χ0v) is 18.7. The van der Waals surface area contributed by atoms with Crippen molar-refractivity contribution < 1.29 is 9.50 Å². The summed E-state index contributed by atoms with van der Waals surface area (Å²) in [5.74, 6) is -0.217. The van der Waals surface area contributed by atoms with Crippen LogP contribution >= 0.6 is 23.2 Å². The third-order valence-electron chi connectivity index (χ3n) is 6.95. The Kier molecular flexibility index (Phi) is 5.20. The van der Waals surface area contributed by atoms with E-state index >= 15 is 0 Å². The van der Waals surface area contributed by atoms with Gasteiger partial charge in [0.05, 0.1) is 23.7 Å².